The first kappa shape index (κ1) is 16.5. The topological polar surface area (TPSA) is 84.5 Å². The van der Waals surface area contributed by atoms with E-state index in [1.807, 2.05) is 6.92 Å². The van der Waals surface area contributed by atoms with Crippen LogP contribution in [0.15, 0.2) is 23.1 Å². The third-order valence-corrected chi connectivity index (χ3v) is 4.11. The van der Waals surface area contributed by atoms with Crippen molar-refractivity contribution in [1.82, 2.24) is 10.0 Å². The molecule has 0 bridgehead atoms. The molecule has 0 fully saturated rings. The highest BCUT2D eigenvalue weighted by atomic mass is 32.2. The van der Waals surface area contributed by atoms with Gasteiger partial charge >= 0.3 is 0 Å². The fourth-order valence-corrected chi connectivity index (χ4v) is 2.96. The highest BCUT2D eigenvalue weighted by Crippen LogP contribution is 2.24. The van der Waals surface area contributed by atoms with Crippen LogP contribution in [0, 0.1) is 6.92 Å². The zero-order valence-corrected chi connectivity index (χ0v) is 12.7. The van der Waals surface area contributed by atoms with Crippen molar-refractivity contribution in [3.63, 3.8) is 0 Å². The minimum absolute atomic E-state index is 0.125. The predicted molar refractivity (Wildman–Crippen MR) is 76.2 cm³/mol. The highest BCUT2D eigenvalue weighted by Gasteiger charge is 2.18. The van der Waals surface area contributed by atoms with Gasteiger partial charge in [0.05, 0.1) is 7.11 Å². The monoisotopic (exact) mass is 300 g/mol. The molecule has 0 saturated heterocycles. The van der Waals surface area contributed by atoms with Crippen LogP contribution in [0.2, 0.25) is 0 Å². The number of hydrogen-bond acceptors (Lipinski definition) is 4. The van der Waals surface area contributed by atoms with Crippen LogP contribution in [0.3, 0.4) is 0 Å². The summed E-state index contributed by atoms with van der Waals surface area (Å²) in [5.74, 6) is 0.179. The Balaban J connectivity index is 2.69. The van der Waals surface area contributed by atoms with E-state index in [-0.39, 0.29) is 17.3 Å². The van der Waals surface area contributed by atoms with Crippen LogP contribution in [0.1, 0.15) is 18.9 Å². The molecule has 6 nitrogen and oxygen atoms in total. The fourth-order valence-electron chi connectivity index (χ4n) is 1.63. The largest absolute Gasteiger partial charge is 0.495 e. The number of aryl methyl sites for hydroxylation is 1. The summed E-state index contributed by atoms with van der Waals surface area (Å²) in [6.45, 7) is 3.92. The Morgan fingerprint density at radius 3 is 2.60 bits per heavy atom. The van der Waals surface area contributed by atoms with Gasteiger partial charge in [-0.25, -0.2) is 13.1 Å². The average Bonchev–Trinajstić information content (AvgIpc) is 2.37. The summed E-state index contributed by atoms with van der Waals surface area (Å²) in [6.07, 6.45) is 0.521. The quantitative estimate of drug-likeness (QED) is 0.730. The van der Waals surface area contributed by atoms with E-state index in [0.717, 1.165) is 5.56 Å². The molecule has 0 aliphatic carbocycles. The van der Waals surface area contributed by atoms with Crippen molar-refractivity contribution >= 4 is 15.9 Å². The maximum absolute atomic E-state index is 12.2. The molecule has 0 aromatic heterocycles. The molecule has 0 aliphatic rings. The van der Waals surface area contributed by atoms with Crippen molar-refractivity contribution < 1.29 is 17.9 Å². The summed E-state index contributed by atoms with van der Waals surface area (Å²) in [4.78, 5) is 10.8. The van der Waals surface area contributed by atoms with Gasteiger partial charge in [-0.3, -0.25) is 4.79 Å². The minimum atomic E-state index is -3.61. The standard InChI is InChI=1S/C13H20N2O4S/c1-10-5-6-12(19-3)13(9-10)20(17,18)15-8-4-7-14-11(2)16/h5-6,9,15H,4,7-8H2,1-3H3,(H,14,16). The molecule has 0 atom stereocenters. The van der Waals surface area contributed by atoms with Crippen molar-refractivity contribution in [2.45, 2.75) is 25.2 Å². The van der Waals surface area contributed by atoms with Gasteiger partial charge in [-0.2, -0.15) is 0 Å². The normalized spacial score (nSPS) is 11.2. The summed E-state index contributed by atoms with van der Waals surface area (Å²) in [5.41, 5.74) is 0.837. The number of benzene rings is 1. The van der Waals surface area contributed by atoms with Crippen molar-refractivity contribution in [2.75, 3.05) is 20.2 Å². The number of carbonyl (C=O) groups is 1. The number of amides is 1. The van der Waals surface area contributed by atoms with Crippen molar-refractivity contribution in [3.8, 4) is 5.75 Å². The molecule has 112 valence electrons. The zero-order valence-electron chi connectivity index (χ0n) is 11.9. The van der Waals surface area contributed by atoms with Gasteiger partial charge in [-0.15, -0.1) is 0 Å². The van der Waals surface area contributed by atoms with E-state index < -0.39 is 10.0 Å². The summed E-state index contributed by atoms with van der Waals surface area (Å²) < 4.78 is 31.9. The molecule has 20 heavy (non-hydrogen) atoms. The second-order valence-corrected chi connectivity index (χ2v) is 6.12. The molecule has 0 unspecified atom stereocenters. The Labute approximate surface area is 119 Å². The number of rotatable bonds is 7. The van der Waals surface area contributed by atoms with Gasteiger partial charge in [0.15, 0.2) is 0 Å². The van der Waals surface area contributed by atoms with Crippen LogP contribution in [0.5, 0.6) is 5.75 Å². The lowest BCUT2D eigenvalue weighted by Crippen LogP contribution is -2.29. The third kappa shape index (κ3) is 4.82. The number of nitrogens with one attached hydrogen (secondary N) is 2. The van der Waals surface area contributed by atoms with Gasteiger partial charge in [0.2, 0.25) is 15.9 Å². The Morgan fingerprint density at radius 2 is 2.00 bits per heavy atom. The van der Waals surface area contributed by atoms with Gasteiger partial charge in [-0.1, -0.05) is 6.07 Å². The lowest BCUT2D eigenvalue weighted by Gasteiger charge is -2.11. The van der Waals surface area contributed by atoms with Crippen LogP contribution in [0.4, 0.5) is 0 Å². The Bertz CT molecular complexity index is 570. The smallest absolute Gasteiger partial charge is 0.244 e. The number of ether oxygens (including phenoxy) is 1. The lowest BCUT2D eigenvalue weighted by molar-refractivity contribution is -0.118. The van der Waals surface area contributed by atoms with E-state index in [1.165, 1.54) is 14.0 Å². The molecule has 0 saturated carbocycles. The molecule has 0 aliphatic heterocycles. The Hall–Kier alpha value is -1.60. The SMILES string of the molecule is COc1ccc(C)cc1S(=O)(=O)NCCCNC(C)=O. The van der Waals surface area contributed by atoms with E-state index in [9.17, 15) is 13.2 Å². The molecule has 1 aromatic rings. The molecule has 1 aromatic carbocycles. The Morgan fingerprint density at radius 1 is 1.30 bits per heavy atom. The van der Waals surface area contributed by atoms with Gasteiger partial charge in [0.1, 0.15) is 10.6 Å². The molecule has 0 radical (unpaired) electrons. The first-order chi connectivity index (χ1) is 9.36. The molecular formula is C13H20N2O4S. The maximum Gasteiger partial charge on any atom is 0.244 e. The second kappa shape index (κ2) is 7.25. The fraction of sp³-hybridized carbons (Fsp3) is 0.462. The molecule has 7 heteroatoms. The van der Waals surface area contributed by atoms with E-state index in [4.69, 9.17) is 4.74 Å². The van der Waals surface area contributed by atoms with Gasteiger partial charge in [0.25, 0.3) is 0 Å². The number of methoxy groups -OCH3 is 1. The summed E-state index contributed by atoms with van der Waals surface area (Å²) in [6, 6.07) is 4.98. The highest BCUT2D eigenvalue weighted by molar-refractivity contribution is 7.89. The summed E-state index contributed by atoms with van der Waals surface area (Å²) in [5, 5.41) is 2.60. The van der Waals surface area contributed by atoms with E-state index in [0.29, 0.717) is 18.7 Å². The first-order valence-corrected chi connectivity index (χ1v) is 7.74. The molecule has 1 amide bonds. The van der Waals surface area contributed by atoms with Gasteiger partial charge in [-0.05, 0) is 31.0 Å². The molecule has 1 rings (SSSR count). The van der Waals surface area contributed by atoms with Gasteiger partial charge in [0, 0.05) is 20.0 Å². The average molecular weight is 300 g/mol. The molecule has 0 heterocycles. The van der Waals surface area contributed by atoms with E-state index in [2.05, 4.69) is 10.0 Å². The lowest BCUT2D eigenvalue weighted by atomic mass is 10.2. The molecule has 2 N–H and O–H groups in total. The zero-order chi connectivity index (χ0) is 15.2. The number of carbonyl (C=O) groups excluding carboxylic acids is 1. The summed E-state index contributed by atoms with van der Waals surface area (Å²) in [7, 11) is -2.18. The van der Waals surface area contributed by atoms with Crippen LogP contribution in [-0.4, -0.2) is 34.5 Å². The number of hydrogen-bond donors (Lipinski definition) is 2. The summed E-state index contributed by atoms with van der Waals surface area (Å²) >= 11 is 0. The molecule has 0 spiro atoms. The minimum Gasteiger partial charge on any atom is -0.495 e. The third-order valence-electron chi connectivity index (χ3n) is 2.63. The molecular weight excluding hydrogens is 280 g/mol. The van der Waals surface area contributed by atoms with Crippen molar-refractivity contribution in [1.29, 1.82) is 0 Å². The maximum atomic E-state index is 12.2. The van der Waals surface area contributed by atoms with Crippen LogP contribution < -0.4 is 14.8 Å². The van der Waals surface area contributed by atoms with Crippen LogP contribution in [0.25, 0.3) is 0 Å². The van der Waals surface area contributed by atoms with Crippen molar-refractivity contribution in [2.24, 2.45) is 0 Å². The second-order valence-electron chi connectivity index (χ2n) is 4.39. The van der Waals surface area contributed by atoms with E-state index in [1.54, 1.807) is 18.2 Å². The van der Waals surface area contributed by atoms with Crippen LogP contribution in [-0.2, 0) is 14.8 Å². The Kier molecular flexibility index (Phi) is 5.97. The van der Waals surface area contributed by atoms with Crippen molar-refractivity contribution in [3.05, 3.63) is 23.8 Å². The van der Waals surface area contributed by atoms with E-state index >= 15 is 0 Å². The first-order valence-electron chi connectivity index (χ1n) is 6.25. The van der Waals surface area contributed by atoms with Gasteiger partial charge < -0.3 is 10.1 Å². The number of sulfonamides is 1. The van der Waals surface area contributed by atoms with Crippen LogP contribution >= 0.6 is 0 Å². The predicted octanol–water partition coefficient (Wildman–Crippen LogP) is 0.808.